The summed E-state index contributed by atoms with van der Waals surface area (Å²) in [6.07, 6.45) is 0. The van der Waals surface area contributed by atoms with Crippen LogP contribution < -0.4 is 10.5 Å². The van der Waals surface area contributed by atoms with Crippen molar-refractivity contribution in [2.75, 3.05) is 0 Å². The number of nitrogens with two attached hydrogens (primary N) is 1. The van der Waals surface area contributed by atoms with Crippen LogP contribution >= 0.6 is 31.9 Å². The number of hydrogen-bond acceptors (Lipinski definition) is 3. The summed E-state index contributed by atoms with van der Waals surface area (Å²) in [5, 5.41) is 1.05. The van der Waals surface area contributed by atoms with Crippen molar-refractivity contribution >= 4 is 42.8 Å². The Hall–Kier alpha value is -1.30. The van der Waals surface area contributed by atoms with Gasteiger partial charge in [0.2, 0.25) is 0 Å². The number of ether oxygens (including phenoxy) is 1. The Kier molecular flexibility index (Phi) is 4.33. The summed E-state index contributed by atoms with van der Waals surface area (Å²) in [5.74, 6) is 1.54. The third-order valence-corrected chi connectivity index (χ3v) is 4.35. The number of benzene rings is 2. The van der Waals surface area contributed by atoms with Gasteiger partial charge in [-0.2, -0.15) is 0 Å². The second-order valence-corrected chi connectivity index (χ2v) is 6.34. The molecule has 2 N–H and O–H groups in total. The van der Waals surface area contributed by atoms with Crippen LogP contribution in [0.3, 0.4) is 0 Å². The van der Waals surface area contributed by atoms with E-state index in [9.17, 15) is 0 Å². The largest absolute Gasteiger partial charge is 0.484 e. The van der Waals surface area contributed by atoms with E-state index in [2.05, 4.69) is 31.9 Å². The molecule has 108 valence electrons. The van der Waals surface area contributed by atoms with E-state index < -0.39 is 0 Å². The fourth-order valence-corrected chi connectivity index (χ4v) is 3.39. The molecule has 2 aromatic carbocycles. The predicted octanol–water partition coefficient (Wildman–Crippen LogP) is 5.00. The molecule has 3 aromatic rings. The van der Waals surface area contributed by atoms with Crippen LogP contribution in [-0.4, -0.2) is 0 Å². The standard InChI is InChI=1S/C16H13Br2NO2/c17-10-5-6-15(13(18)7-10)20-9-16-12(8-19)11-3-1-2-4-14(11)21-16/h1-7H,8-9,19H2. The first-order valence-corrected chi connectivity index (χ1v) is 8.05. The van der Waals surface area contributed by atoms with Crippen LogP contribution in [0.4, 0.5) is 0 Å². The van der Waals surface area contributed by atoms with Gasteiger partial charge in [0.05, 0.1) is 4.47 Å². The van der Waals surface area contributed by atoms with Crippen LogP contribution in [0.25, 0.3) is 11.0 Å². The number of furan rings is 1. The van der Waals surface area contributed by atoms with Crippen molar-refractivity contribution in [2.45, 2.75) is 13.2 Å². The SMILES string of the molecule is NCc1c(COc2ccc(Br)cc2Br)oc2ccccc12. The number of rotatable bonds is 4. The number of para-hydroxylation sites is 1. The van der Waals surface area contributed by atoms with Gasteiger partial charge in [-0.05, 0) is 40.2 Å². The zero-order chi connectivity index (χ0) is 14.8. The lowest BCUT2D eigenvalue weighted by Gasteiger charge is -2.08. The highest BCUT2D eigenvalue weighted by Crippen LogP contribution is 2.31. The summed E-state index contributed by atoms with van der Waals surface area (Å²) in [7, 11) is 0. The molecule has 3 rings (SSSR count). The molecule has 0 unspecified atom stereocenters. The Bertz CT molecular complexity index is 783. The lowest BCUT2D eigenvalue weighted by Crippen LogP contribution is -2.02. The van der Waals surface area contributed by atoms with E-state index >= 15 is 0 Å². The van der Waals surface area contributed by atoms with Crippen molar-refractivity contribution < 1.29 is 9.15 Å². The summed E-state index contributed by atoms with van der Waals surface area (Å²) in [4.78, 5) is 0. The molecule has 1 heterocycles. The molecule has 1 aromatic heterocycles. The van der Waals surface area contributed by atoms with E-state index in [0.717, 1.165) is 37.0 Å². The average Bonchev–Trinajstić information content (AvgIpc) is 2.83. The van der Waals surface area contributed by atoms with Gasteiger partial charge >= 0.3 is 0 Å². The summed E-state index contributed by atoms with van der Waals surface area (Å²) in [6.45, 7) is 0.776. The van der Waals surface area contributed by atoms with Gasteiger partial charge in [0, 0.05) is 22.0 Å². The highest BCUT2D eigenvalue weighted by Gasteiger charge is 2.13. The van der Waals surface area contributed by atoms with Crippen LogP contribution in [0.2, 0.25) is 0 Å². The maximum absolute atomic E-state index is 5.85. The zero-order valence-electron chi connectivity index (χ0n) is 11.1. The molecular formula is C16H13Br2NO2. The Morgan fingerprint density at radius 2 is 1.90 bits per heavy atom. The molecule has 3 nitrogen and oxygen atoms in total. The van der Waals surface area contributed by atoms with Gasteiger partial charge in [-0.1, -0.05) is 34.1 Å². The summed E-state index contributed by atoms with van der Waals surface area (Å²) in [6, 6.07) is 13.7. The van der Waals surface area contributed by atoms with Gasteiger partial charge in [-0.25, -0.2) is 0 Å². The Morgan fingerprint density at radius 1 is 1.10 bits per heavy atom. The molecule has 0 saturated heterocycles. The minimum absolute atomic E-state index is 0.349. The minimum atomic E-state index is 0.349. The molecule has 0 bridgehead atoms. The molecule has 0 aliphatic heterocycles. The van der Waals surface area contributed by atoms with Gasteiger partial charge in [0.1, 0.15) is 23.7 Å². The van der Waals surface area contributed by atoms with Gasteiger partial charge in [0.25, 0.3) is 0 Å². The van der Waals surface area contributed by atoms with Gasteiger partial charge < -0.3 is 14.9 Å². The Morgan fingerprint density at radius 3 is 2.67 bits per heavy atom. The Labute approximate surface area is 139 Å². The first kappa shape index (κ1) is 14.6. The average molecular weight is 411 g/mol. The topological polar surface area (TPSA) is 48.4 Å². The van der Waals surface area contributed by atoms with E-state index in [-0.39, 0.29) is 0 Å². The normalized spacial score (nSPS) is 11.0. The van der Waals surface area contributed by atoms with E-state index in [0.29, 0.717) is 13.2 Å². The monoisotopic (exact) mass is 409 g/mol. The van der Waals surface area contributed by atoms with E-state index in [4.69, 9.17) is 14.9 Å². The quantitative estimate of drug-likeness (QED) is 0.658. The minimum Gasteiger partial charge on any atom is -0.484 e. The van der Waals surface area contributed by atoms with Crippen molar-refractivity contribution in [3.05, 3.63) is 62.7 Å². The van der Waals surface area contributed by atoms with Gasteiger partial charge in [0.15, 0.2) is 0 Å². The molecule has 0 fully saturated rings. The maximum Gasteiger partial charge on any atom is 0.147 e. The van der Waals surface area contributed by atoms with E-state index in [1.807, 2.05) is 42.5 Å². The van der Waals surface area contributed by atoms with Crippen LogP contribution in [0.15, 0.2) is 55.8 Å². The molecule has 21 heavy (non-hydrogen) atoms. The van der Waals surface area contributed by atoms with Crippen LogP contribution in [0.1, 0.15) is 11.3 Å². The number of fused-ring (bicyclic) bond motifs is 1. The number of halogens is 2. The van der Waals surface area contributed by atoms with E-state index in [1.54, 1.807) is 0 Å². The third-order valence-electron chi connectivity index (χ3n) is 3.24. The van der Waals surface area contributed by atoms with Crippen LogP contribution in [0.5, 0.6) is 5.75 Å². The molecule has 0 saturated carbocycles. The second kappa shape index (κ2) is 6.22. The highest BCUT2D eigenvalue weighted by molar-refractivity contribution is 9.11. The van der Waals surface area contributed by atoms with Gasteiger partial charge in [-0.3, -0.25) is 0 Å². The molecule has 0 radical (unpaired) electrons. The predicted molar refractivity (Wildman–Crippen MR) is 90.3 cm³/mol. The fraction of sp³-hybridized carbons (Fsp3) is 0.125. The molecule has 5 heteroatoms. The molecule has 0 atom stereocenters. The lowest BCUT2D eigenvalue weighted by molar-refractivity contribution is 0.271. The van der Waals surface area contributed by atoms with Gasteiger partial charge in [-0.15, -0.1) is 0 Å². The van der Waals surface area contributed by atoms with Crippen LogP contribution in [-0.2, 0) is 13.2 Å². The molecule has 0 aliphatic carbocycles. The zero-order valence-corrected chi connectivity index (χ0v) is 14.3. The molecule has 0 amide bonds. The summed E-state index contributed by atoms with van der Waals surface area (Å²) in [5.41, 5.74) is 7.69. The van der Waals surface area contributed by atoms with Crippen molar-refractivity contribution in [2.24, 2.45) is 5.73 Å². The number of hydrogen-bond donors (Lipinski definition) is 1. The molecule has 0 spiro atoms. The third kappa shape index (κ3) is 3.00. The Balaban J connectivity index is 1.88. The molecular weight excluding hydrogens is 398 g/mol. The van der Waals surface area contributed by atoms with Crippen molar-refractivity contribution in [3.8, 4) is 5.75 Å². The highest BCUT2D eigenvalue weighted by atomic mass is 79.9. The fourth-order valence-electron chi connectivity index (χ4n) is 2.23. The van der Waals surface area contributed by atoms with Crippen molar-refractivity contribution in [1.82, 2.24) is 0 Å². The van der Waals surface area contributed by atoms with E-state index in [1.165, 1.54) is 0 Å². The summed E-state index contributed by atoms with van der Waals surface area (Å²) >= 11 is 6.90. The lowest BCUT2D eigenvalue weighted by atomic mass is 10.1. The van der Waals surface area contributed by atoms with Crippen molar-refractivity contribution in [3.63, 3.8) is 0 Å². The van der Waals surface area contributed by atoms with Crippen molar-refractivity contribution in [1.29, 1.82) is 0 Å². The van der Waals surface area contributed by atoms with Crippen LogP contribution in [0, 0.1) is 0 Å². The maximum atomic E-state index is 5.85. The smallest absolute Gasteiger partial charge is 0.147 e. The first-order chi connectivity index (χ1) is 10.2. The summed E-state index contributed by atoms with van der Waals surface area (Å²) < 4.78 is 13.6. The molecule has 0 aliphatic rings. The second-order valence-electron chi connectivity index (χ2n) is 4.57. The first-order valence-electron chi connectivity index (χ1n) is 6.46.